The Kier molecular flexibility index (Phi) is 7.04. The molecule has 0 atom stereocenters. The molecule has 28 heavy (non-hydrogen) atoms. The summed E-state index contributed by atoms with van der Waals surface area (Å²) < 4.78 is 54.9. The number of sulfonamides is 2. The van der Waals surface area contributed by atoms with Crippen LogP contribution in [0.25, 0.3) is 0 Å². The normalized spacial score (nSPS) is 12.6. The minimum Gasteiger partial charge on any atom is -0.206 e. The van der Waals surface area contributed by atoms with Gasteiger partial charge in [-0.1, -0.05) is 44.2 Å². The van der Waals surface area contributed by atoms with Gasteiger partial charge in [-0.2, -0.15) is 0 Å². The Balaban J connectivity index is 2.80. The number of benzene rings is 2. The third-order valence-electron chi connectivity index (χ3n) is 4.67. The largest absolute Gasteiger partial charge is 0.257 e. The molecule has 2 rings (SSSR count). The summed E-state index contributed by atoms with van der Waals surface area (Å²) in [5, 5.41) is -0.0421. The number of halogens is 2. The van der Waals surface area contributed by atoms with Gasteiger partial charge in [-0.3, -0.25) is 0 Å². The Morgan fingerprint density at radius 2 is 1.46 bits per heavy atom. The number of hydrogen-bond acceptors (Lipinski definition) is 4. The Hall–Kier alpha value is -0.930. The van der Waals surface area contributed by atoms with Crippen molar-refractivity contribution in [2.75, 3.05) is 6.54 Å². The second-order valence-corrected chi connectivity index (χ2v) is 11.9. The zero-order chi connectivity index (χ0) is 21.4. The van der Waals surface area contributed by atoms with E-state index >= 15 is 0 Å². The van der Waals surface area contributed by atoms with Gasteiger partial charge in [0.1, 0.15) is 4.90 Å². The molecule has 0 N–H and O–H groups in total. The molecule has 0 aliphatic heterocycles. The first-order valence-corrected chi connectivity index (χ1v) is 12.7. The molecule has 0 radical (unpaired) electrons. The Morgan fingerprint density at radius 3 is 1.93 bits per heavy atom. The van der Waals surface area contributed by atoms with E-state index in [1.165, 1.54) is 18.2 Å². The summed E-state index contributed by atoms with van der Waals surface area (Å²) >= 11 is 9.37. The van der Waals surface area contributed by atoms with Crippen molar-refractivity contribution in [3.63, 3.8) is 0 Å². The van der Waals surface area contributed by atoms with Crippen LogP contribution in [0.2, 0.25) is 5.02 Å². The predicted octanol–water partition coefficient (Wildman–Crippen LogP) is 5.13. The molecule has 0 spiro atoms. The molecule has 2 aromatic rings. The number of hydrogen-bond donors (Lipinski definition) is 0. The van der Waals surface area contributed by atoms with Gasteiger partial charge in [-0.05, 0) is 74.6 Å². The molecule has 0 unspecified atom stereocenters. The highest BCUT2D eigenvalue weighted by molar-refractivity contribution is 9.10. The number of aryl methyl sites for hydroxylation is 2. The molecule has 0 aliphatic carbocycles. The molecule has 0 saturated carbocycles. The van der Waals surface area contributed by atoms with Crippen molar-refractivity contribution < 1.29 is 16.8 Å². The molecular weight excluding hydrogens is 486 g/mol. The molecule has 0 aromatic heterocycles. The van der Waals surface area contributed by atoms with Crippen LogP contribution >= 0.6 is 27.5 Å². The van der Waals surface area contributed by atoms with Gasteiger partial charge in [0.05, 0.1) is 9.92 Å². The molecule has 0 fully saturated rings. The van der Waals surface area contributed by atoms with E-state index in [2.05, 4.69) is 15.9 Å². The van der Waals surface area contributed by atoms with Crippen LogP contribution in [-0.2, 0) is 20.0 Å². The van der Waals surface area contributed by atoms with Crippen LogP contribution in [0.15, 0.2) is 38.5 Å². The second kappa shape index (κ2) is 8.44. The highest BCUT2D eigenvalue weighted by Gasteiger charge is 2.39. The van der Waals surface area contributed by atoms with E-state index in [1.54, 1.807) is 20.8 Å². The second-order valence-electron chi connectivity index (χ2n) is 6.67. The van der Waals surface area contributed by atoms with E-state index in [1.807, 2.05) is 19.9 Å². The fourth-order valence-corrected chi connectivity index (χ4v) is 8.39. The summed E-state index contributed by atoms with van der Waals surface area (Å²) in [6.07, 6.45) is 0.329. The molecule has 0 bridgehead atoms. The molecule has 0 saturated heterocycles. The minimum atomic E-state index is -4.38. The van der Waals surface area contributed by atoms with Crippen LogP contribution in [-0.4, -0.2) is 27.1 Å². The van der Waals surface area contributed by atoms with Gasteiger partial charge in [0.25, 0.3) is 20.0 Å². The van der Waals surface area contributed by atoms with Gasteiger partial charge in [0.15, 0.2) is 0 Å². The third kappa shape index (κ3) is 4.16. The first-order chi connectivity index (χ1) is 12.9. The third-order valence-corrected chi connectivity index (χ3v) is 10.2. The number of rotatable bonds is 6. The Labute approximate surface area is 180 Å². The van der Waals surface area contributed by atoms with E-state index in [-0.39, 0.29) is 21.4 Å². The molecular formula is C19H23BrClNO4S2. The van der Waals surface area contributed by atoms with Gasteiger partial charge in [0.2, 0.25) is 0 Å². The lowest BCUT2D eigenvalue weighted by Gasteiger charge is -2.25. The summed E-state index contributed by atoms with van der Waals surface area (Å²) in [6, 6.07) is 6.15. The monoisotopic (exact) mass is 507 g/mol. The molecule has 0 aliphatic rings. The van der Waals surface area contributed by atoms with Crippen molar-refractivity contribution >= 4 is 47.6 Å². The topological polar surface area (TPSA) is 71.5 Å². The standard InChI is InChI=1S/C19H23BrClNO4S2/c1-6-9-22(27(23,24)18-8-7-16(20)11-17(18)21)28(25,26)19-14(4)12(2)10-13(3)15(19)5/h7-8,10-11H,6,9H2,1-5H3. The predicted molar refractivity (Wildman–Crippen MR) is 116 cm³/mol. The minimum absolute atomic E-state index is 0.0373. The lowest BCUT2D eigenvalue weighted by Crippen LogP contribution is -2.38. The lowest BCUT2D eigenvalue weighted by atomic mass is 10.0. The quantitative estimate of drug-likeness (QED) is 0.542. The molecule has 9 heteroatoms. The maximum Gasteiger partial charge on any atom is 0.257 e. The average molecular weight is 509 g/mol. The van der Waals surface area contributed by atoms with E-state index in [4.69, 9.17) is 11.6 Å². The van der Waals surface area contributed by atoms with Crippen LogP contribution in [0.4, 0.5) is 0 Å². The zero-order valence-electron chi connectivity index (χ0n) is 16.4. The Bertz CT molecular complexity index is 1100. The van der Waals surface area contributed by atoms with Crippen LogP contribution in [0.3, 0.4) is 0 Å². The fourth-order valence-electron chi connectivity index (χ4n) is 3.02. The lowest BCUT2D eigenvalue weighted by molar-refractivity contribution is 0.494. The van der Waals surface area contributed by atoms with Crippen molar-refractivity contribution in [3.05, 3.63) is 56.0 Å². The maximum absolute atomic E-state index is 13.6. The summed E-state index contributed by atoms with van der Waals surface area (Å²) in [4.78, 5) is -0.204. The van der Waals surface area contributed by atoms with Gasteiger partial charge in [-0.15, -0.1) is 0 Å². The van der Waals surface area contributed by atoms with E-state index < -0.39 is 20.0 Å². The zero-order valence-corrected chi connectivity index (χ0v) is 20.4. The van der Waals surface area contributed by atoms with Crippen LogP contribution in [0, 0.1) is 27.7 Å². The summed E-state index contributed by atoms with van der Waals surface area (Å²) in [5.74, 6) is 0. The van der Waals surface area contributed by atoms with Crippen LogP contribution < -0.4 is 0 Å². The van der Waals surface area contributed by atoms with E-state index in [0.717, 1.165) is 11.1 Å². The van der Waals surface area contributed by atoms with Crippen molar-refractivity contribution in [1.82, 2.24) is 3.71 Å². The smallest absolute Gasteiger partial charge is 0.206 e. The van der Waals surface area contributed by atoms with Gasteiger partial charge >= 0.3 is 0 Å². The first kappa shape index (κ1) is 23.3. The molecule has 5 nitrogen and oxygen atoms in total. The highest BCUT2D eigenvalue weighted by atomic mass is 79.9. The van der Waals surface area contributed by atoms with E-state index in [0.29, 0.717) is 25.7 Å². The first-order valence-electron chi connectivity index (χ1n) is 8.66. The molecule has 0 heterocycles. The van der Waals surface area contributed by atoms with Crippen molar-refractivity contribution in [3.8, 4) is 0 Å². The van der Waals surface area contributed by atoms with Gasteiger partial charge in [0, 0.05) is 11.0 Å². The summed E-state index contributed by atoms with van der Waals surface area (Å²) in [5.41, 5.74) is 2.66. The maximum atomic E-state index is 13.6. The molecule has 2 aromatic carbocycles. The van der Waals surface area contributed by atoms with Crippen molar-refractivity contribution in [2.24, 2.45) is 0 Å². The average Bonchev–Trinajstić information content (AvgIpc) is 2.57. The van der Waals surface area contributed by atoms with Crippen molar-refractivity contribution in [2.45, 2.75) is 50.8 Å². The number of nitrogens with zero attached hydrogens (tertiary/aromatic N) is 1. The fraction of sp³-hybridized carbons (Fsp3) is 0.368. The molecule has 154 valence electrons. The Morgan fingerprint density at radius 1 is 0.929 bits per heavy atom. The summed E-state index contributed by atoms with van der Waals surface area (Å²) in [7, 11) is -8.71. The molecule has 0 amide bonds. The SMILES string of the molecule is CCCN(S(=O)(=O)c1ccc(Br)cc1Cl)S(=O)(=O)c1c(C)c(C)cc(C)c1C. The van der Waals surface area contributed by atoms with Crippen LogP contribution in [0.5, 0.6) is 0 Å². The van der Waals surface area contributed by atoms with Crippen LogP contribution in [0.1, 0.15) is 35.6 Å². The van der Waals surface area contributed by atoms with Crippen molar-refractivity contribution in [1.29, 1.82) is 0 Å². The summed E-state index contributed by atoms with van der Waals surface area (Å²) in [6.45, 7) is 8.55. The van der Waals surface area contributed by atoms with Gasteiger partial charge < -0.3 is 0 Å². The highest BCUT2D eigenvalue weighted by Crippen LogP contribution is 2.34. The van der Waals surface area contributed by atoms with Gasteiger partial charge in [-0.25, -0.2) is 16.8 Å². The van der Waals surface area contributed by atoms with E-state index in [9.17, 15) is 16.8 Å².